The minimum absolute atomic E-state index is 0.0819. The Hall–Kier alpha value is -2.58. The molecule has 0 saturated heterocycles. The number of hydrogen-bond acceptors (Lipinski definition) is 7. The zero-order chi connectivity index (χ0) is 26.5. The zero-order valence-corrected chi connectivity index (χ0v) is 23.2. The smallest absolute Gasteiger partial charge is 0.346 e. The molecule has 37 heavy (non-hydrogen) atoms. The van der Waals surface area contributed by atoms with E-state index in [2.05, 4.69) is 15.9 Å². The molecular weight excluding hydrogens is 540 g/mol. The van der Waals surface area contributed by atoms with Crippen LogP contribution in [0.1, 0.15) is 80.5 Å². The minimum atomic E-state index is -0.819. The average molecular weight is 573 g/mol. The number of halogens is 1. The largest absolute Gasteiger partial charge is 0.495 e. The number of aliphatic hydroxyl groups excluding tert-OH is 1. The van der Waals surface area contributed by atoms with E-state index in [0.29, 0.717) is 39.6 Å². The summed E-state index contributed by atoms with van der Waals surface area (Å²) in [5.74, 6) is 1.28. The molecule has 0 aromatic heterocycles. The predicted octanol–water partition coefficient (Wildman–Crippen LogP) is 6.73. The molecule has 0 radical (unpaired) electrons. The van der Waals surface area contributed by atoms with E-state index in [4.69, 9.17) is 18.9 Å². The standard InChI is InChI=1S/C29H33BrO7/c1-15(2)9-21(31)20-7-8-22-24(26(20)34-4)27(32)35-14-17-11-19(30)12-23(25(17)36-22)37-28(33)29(3)13-16-5-6-18(29)10-16/h7-8,11-12,15-16,18,21,31H,5-6,9-10,13-14H2,1-4H3. The first-order chi connectivity index (χ1) is 17.6. The van der Waals surface area contributed by atoms with Gasteiger partial charge in [0.2, 0.25) is 0 Å². The Bertz CT molecular complexity index is 1240. The van der Waals surface area contributed by atoms with Crippen molar-refractivity contribution in [3.8, 4) is 23.0 Å². The Labute approximate surface area is 225 Å². The first-order valence-corrected chi connectivity index (χ1v) is 13.7. The summed E-state index contributed by atoms with van der Waals surface area (Å²) < 4.78 is 24.2. The van der Waals surface area contributed by atoms with Crippen molar-refractivity contribution in [1.82, 2.24) is 0 Å². The van der Waals surface area contributed by atoms with E-state index >= 15 is 0 Å². The molecule has 4 atom stereocenters. The minimum Gasteiger partial charge on any atom is -0.495 e. The first-order valence-electron chi connectivity index (χ1n) is 12.9. The van der Waals surface area contributed by atoms with Crippen molar-refractivity contribution in [3.05, 3.63) is 45.4 Å². The van der Waals surface area contributed by atoms with Crippen molar-refractivity contribution >= 4 is 27.9 Å². The molecule has 2 saturated carbocycles. The van der Waals surface area contributed by atoms with E-state index in [1.807, 2.05) is 20.8 Å². The van der Waals surface area contributed by atoms with Gasteiger partial charge in [-0.3, -0.25) is 4.79 Å². The molecule has 0 spiro atoms. The van der Waals surface area contributed by atoms with Gasteiger partial charge in [0.25, 0.3) is 0 Å². The fourth-order valence-corrected chi connectivity index (χ4v) is 6.72. The van der Waals surface area contributed by atoms with Crippen LogP contribution in [0, 0.1) is 23.2 Å². The highest BCUT2D eigenvalue weighted by Gasteiger charge is 2.53. The molecule has 4 unspecified atom stereocenters. The van der Waals surface area contributed by atoms with Crippen LogP contribution in [0.5, 0.6) is 23.0 Å². The van der Waals surface area contributed by atoms with Crippen LogP contribution in [-0.2, 0) is 16.1 Å². The topological polar surface area (TPSA) is 91.3 Å². The number of fused-ring (bicyclic) bond motifs is 4. The van der Waals surface area contributed by atoms with E-state index in [0.717, 1.165) is 19.3 Å². The van der Waals surface area contributed by atoms with Gasteiger partial charge in [0.1, 0.15) is 23.7 Å². The molecule has 0 amide bonds. The highest BCUT2D eigenvalue weighted by atomic mass is 79.9. The van der Waals surface area contributed by atoms with Crippen LogP contribution in [0.3, 0.4) is 0 Å². The average Bonchev–Trinajstić information content (AvgIpc) is 3.43. The second-order valence-corrected chi connectivity index (χ2v) is 12.1. The molecule has 2 fully saturated rings. The number of methoxy groups -OCH3 is 1. The van der Waals surface area contributed by atoms with E-state index in [1.165, 1.54) is 13.5 Å². The number of carbonyl (C=O) groups excluding carboxylic acids is 2. The lowest BCUT2D eigenvalue weighted by atomic mass is 9.75. The third-order valence-electron chi connectivity index (χ3n) is 8.10. The Morgan fingerprint density at radius 1 is 1.27 bits per heavy atom. The monoisotopic (exact) mass is 572 g/mol. The van der Waals surface area contributed by atoms with Crippen LogP contribution in [0.4, 0.5) is 0 Å². The van der Waals surface area contributed by atoms with Gasteiger partial charge in [-0.05, 0) is 74.6 Å². The maximum atomic E-state index is 13.5. The summed E-state index contributed by atoms with van der Waals surface area (Å²) in [7, 11) is 1.45. The summed E-state index contributed by atoms with van der Waals surface area (Å²) in [6.45, 7) is 5.94. The van der Waals surface area contributed by atoms with Crippen LogP contribution in [-0.4, -0.2) is 24.2 Å². The molecule has 2 aromatic rings. The lowest BCUT2D eigenvalue weighted by molar-refractivity contribution is -0.148. The van der Waals surface area contributed by atoms with Crippen molar-refractivity contribution in [2.24, 2.45) is 23.2 Å². The summed E-state index contributed by atoms with van der Waals surface area (Å²) in [5.41, 5.74) is 0.628. The summed E-state index contributed by atoms with van der Waals surface area (Å²) in [5, 5.41) is 10.8. The van der Waals surface area contributed by atoms with Crippen molar-refractivity contribution in [1.29, 1.82) is 0 Å². The molecule has 1 aliphatic heterocycles. The molecule has 1 heterocycles. The zero-order valence-electron chi connectivity index (χ0n) is 21.6. The van der Waals surface area contributed by atoms with Gasteiger partial charge in [0.05, 0.1) is 18.6 Å². The number of carbonyl (C=O) groups is 2. The number of esters is 2. The lowest BCUT2D eigenvalue weighted by Gasteiger charge is -2.31. The normalized spacial score (nSPS) is 24.9. The molecule has 7 nitrogen and oxygen atoms in total. The molecule has 1 N–H and O–H groups in total. The first kappa shape index (κ1) is 26.0. The third-order valence-corrected chi connectivity index (χ3v) is 8.56. The third kappa shape index (κ3) is 4.74. The highest BCUT2D eigenvalue weighted by Crippen LogP contribution is 2.56. The second-order valence-electron chi connectivity index (χ2n) is 11.2. The van der Waals surface area contributed by atoms with E-state index in [-0.39, 0.29) is 41.3 Å². The Morgan fingerprint density at radius 3 is 2.70 bits per heavy atom. The summed E-state index contributed by atoms with van der Waals surface area (Å²) in [6, 6.07) is 6.80. The summed E-state index contributed by atoms with van der Waals surface area (Å²) in [4.78, 5) is 26.6. The van der Waals surface area contributed by atoms with Gasteiger partial charge >= 0.3 is 11.9 Å². The number of rotatable bonds is 6. The lowest BCUT2D eigenvalue weighted by Crippen LogP contribution is -2.37. The molecule has 8 heteroatoms. The maximum Gasteiger partial charge on any atom is 0.346 e. The van der Waals surface area contributed by atoms with E-state index < -0.39 is 17.5 Å². The summed E-state index contributed by atoms with van der Waals surface area (Å²) in [6.07, 6.45) is 3.83. The molecule has 2 aliphatic carbocycles. The molecule has 3 aliphatic rings. The molecule has 5 rings (SSSR count). The van der Waals surface area contributed by atoms with Gasteiger partial charge in [-0.15, -0.1) is 0 Å². The quantitative estimate of drug-likeness (QED) is 0.303. The van der Waals surface area contributed by atoms with Gasteiger partial charge in [-0.1, -0.05) is 36.2 Å². The number of cyclic esters (lactones) is 1. The van der Waals surface area contributed by atoms with E-state index in [9.17, 15) is 14.7 Å². The van der Waals surface area contributed by atoms with Gasteiger partial charge in [-0.25, -0.2) is 4.79 Å². The van der Waals surface area contributed by atoms with Crippen LogP contribution in [0.25, 0.3) is 0 Å². The number of benzene rings is 2. The molecular formula is C29H33BrO7. The van der Waals surface area contributed by atoms with Crippen LogP contribution >= 0.6 is 15.9 Å². The molecule has 2 bridgehead atoms. The fourth-order valence-electron chi connectivity index (χ4n) is 6.23. The number of aliphatic hydroxyl groups is 1. The Balaban J connectivity index is 1.53. The van der Waals surface area contributed by atoms with E-state index in [1.54, 1.807) is 24.3 Å². The highest BCUT2D eigenvalue weighted by molar-refractivity contribution is 9.10. The molecule has 198 valence electrons. The number of ether oxygens (including phenoxy) is 4. The fraction of sp³-hybridized carbons (Fsp3) is 0.517. The van der Waals surface area contributed by atoms with Gasteiger partial charge < -0.3 is 24.1 Å². The number of hydrogen-bond donors (Lipinski definition) is 1. The van der Waals surface area contributed by atoms with Crippen molar-refractivity contribution < 1.29 is 33.6 Å². The van der Waals surface area contributed by atoms with Crippen LogP contribution < -0.4 is 14.2 Å². The van der Waals surface area contributed by atoms with Crippen molar-refractivity contribution in [2.75, 3.05) is 7.11 Å². The predicted molar refractivity (Wildman–Crippen MR) is 140 cm³/mol. The van der Waals surface area contributed by atoms with Gasteiger partial charge in [0.15, 0.2) is 11.5 Å². The Morgan fingerprint density at radius 2 is 2.05 bits per heavy atom. The SMILES string of the molecule is COc1c(C(O)CC(C)C)ccc2c1C(=O)OCc1cc(Br)cc(OC(=O)C3(C)CC4CCC3C4)c1O2. The second kappa shape index (κ2) is 9.95. The van der Waals surface area contributed by atoms with Crippen molar-refractivity contribution in [3.63, 3.8) is 0 Å². The Kier molecular flexibility index (Phi) is 7.00. The molecule has 2 aromatic carbocycles. The van der Waals surface area contributed by atoms with Gasteiger partial charge in [0, 0.05) is 15.6 Å². The van der Waals surface area contributed by atoms with Gasteiger partial charge in [-0.2, -0.15) is 0 Å². The summed E-state index contributed by atoms with van der Waals surface area (Å²) >= 11 is 3.49. The van der Waals surface area contributed by atoms with Crippen LogP contribution in [0.15, 0.2) is 28.7 Å². The van der Waals surface area contributed by atoms with Crippen molar-refractivity contribution in [2.45, 2.75) is 65.6 Å². The van der Waals surface area contributed by atoms with Crippen LogP contribution in [0.2, 0.25) is 0 Å². The maximum absolute atomic E-state index is 13.5.